The number of nitrogens with one attached hydrogen (secondary N) is 1. The third kappa shape index (κ3) is 5.61. The lowest BCUT2D eigenvalue weighted by atomic mass is 10.1. The lowest BCUT2D eigenvalue weighted by Gasteiger charge is -2.33. The largest absolute Gasteiger partial charge is 0.371 e. The first-order chi connectivity index (χ1) is 13.5. The maximum atomic E-state index is 13.3. The highest BCUT2D eigenvalue weighted by molar-refractivity contribution is 7.89. The van der Waals surface area contributed by atoms with Crippen molar-refractivity contribution in [1.29, 1.82) is 0 Å². The molecular formula is C21H27FN2O3S. The molecule has 0 spiro atoms. The van der Waals surface area contributed by atoms with Gasteiger partial charge in [0.1, 0.15) is 5.82 Å². The minimum absolute atomic E-state index is 0.0927. The molecule has 3 rings (SSSR count). The van der Waals surface area contributed by atoms with Gasteiger partial charge < -0.3 is 4.74 Å². The molecule has 1 heterocycles. The Balaban J connectivity index is 1.41. The van der Waals surface area contributed by atoms with E-state index in [1.165, 1.54) is 23.8 Å². The molecule has 2 aromatic carbocycles. The van der Waals surface area contributed by atoms with Crippen molar-refractivity contribution >= 4 is 10.0 Å². The summed E-state index contributed by atoms with van der Waals surface area (Å²) in [5.41, 5.74) is 1.51. The van der Waals surface area contributed by atoms with Gasteiger partial charge in [0.2, 0.25) is 10.0 Å². The van der Waals surface area contributed by atoms with Crippen LogP contribution in [0.5, 0.6) is 0 Å². The van der Waals surface area contributed by atoms with Gasteiger partial charge in [0.05, 0.1) is 17.6 Å². The zero-order chi connectivity index (χ0) is 20.0. The quantitative estimate of drug-likeness (QED) is 0.684. The highest BCUT2D eigenvalue weighted by Gasteiger charge is 2.21. The van der Waals surface area contributed by atoms with Crippen LogP contribution in [0.1, 0.15) is 30.1 Å². The van der Waals surface area contributed by atoms with E-state index in [4.69, 9.17) is 4.74 Å². The Bertz CT molecular complexity index is 874. The number of halogens is 1. The number of benzene rings is 2. The van der Waals surface area contributed by atoms with Gasteiger partial charge in [-0.15, -0.1) is 0 Å². The second kappa shape index (κ2) is 9.60. The van der Waals surface area contributed by atoms with Crippen LogP contribution in [0.2, 0.25) is 0 Å². The molecule has 0 aliphatic carbocycles. The third-order valence-electron chi connectivity index (χ3n) is 4.95. The molecule has 1 atom stereocenters. The fourth-order valence-electron chi connectivity index (χ4n) is 3.31. The normalized spacial score (nSPS) is 18.3. The van der Waals surface area contributed by atoms with Crippen LogP contribution < -0.4 is 4.72 Å². The van der Waals surface area contributed by atoms with Crippen molar-refractivity contribution < 1.29 is 17.5 Å². The van der Waals surface area contributed by atoms with Gasteiger partial charge >= 0.3 is 0 Å². The van der Waals surface area contributed by atoms with Crippen molar-refractivity contribution in [2.24, 2.45) is 0 Å². The number of nitrogens with zero attached hydrogens (tertiary/aromatic N) is 1. The van der Waals surface area contributed by atoms with Crippen LogP contribution in [0.15, 0.2) is 53.4 Å². The topological polar surface area (TPSA) is 58.6 Å². The van der Waals surface area contributed by atoms with Crippen LogP contribution in [0.4, 0.5) is 4.39 Å². The third-order valence-corrected chi connectivity index (χ3v) is 6.41. The number of ether oxygens (including phenoxy) is 1. The number of hydrogen-bond acceptors (Lipinski definition) is 4. The van der Waals surface area contributed by atoms with E-state index in [1.807, 2.05) is 18.2 Å². The van der Waals surface area contributed by atoms with Crippen molar-refractivity contribution in [2.75, 3.05) is 32.8 Å². The number of morpholine rings is 1. The van der Waals surface area contributed by atoms with Crippen molar-refractivity contribution in [2.45, 2.75) is 30.8 Å². The predicted octanol–water partition coefficient (Wildman–Crippen LogP) is 3.27. The van der Waals surface area contributed by atoms with Crippen LogP contribution in [0, 0.1) is 12.7 Å². The van der Waals surface area contributed by atoms with Crippen LogP contribution in [-0.4, -0.2) is 46.1 Å². The zero-order valence-corrected chi connectivity index (χ0v) is 16.9. The Morgan fingerprint density at radius 3 is 2.71 bits per heavy atom. The number of unbranched alkanes of at least 4 members (excludes halogenated alkanes) is 1. The molecule has 1 unspecified atom stereocenters. The summed E-state index contributed by atoms with van der Waals surface area (Å²) in [6.07, 6.45) is 1.73. The summed E-state index contributed by atoms with van der Waals surface area (Å²) in [6, 6.07) is 14.0. The summed E-state index contributed by atoms with van der Waals surface area (Å²) in [7, 11) is -3.60. The smallest absolute Gasteiger partial charge is 0.240 e. The van der Waals surface area contributed by atoms with Crippen LogP contribution in [0.3, 0.4) is 0 Å². The molecule has 5 nitrogen and oxygen atoms in total. The predicted molar refractivity (Wildman–Crippen MR) is 107 cm³/mol. The van der Waals surface area contributed by atoms with E-state index in [2.05, 4.69) is 21.8 Å². The van der Waals surface area contributed by atoms with Gasteiger partial charge in [-0.2, -0.15) is 0 Å². The van der Waals surface area contributed by atoms with Gasteiger partial charge in [-0.1, -0.05) is 30.3 Å². The van der Waals surface area contributed by atoms with E-state index in [-0.39, 0.29) is 11.0 Å². The van der Waals surface area contributed by atoms with E-state index >= 15 is 0 Å². The first-order valence-electron chi connectivity index (χ1n) is 9.60. The first-order valence-corrected chi connectivity index (χ1v) is 11.1. The second-order valence-corrected chi connectivity index (χ2v) is 8.85. The minimum Gasteiger partial charge on any atom is -0.371 e. The Hall–Kier alpha value is -1.80. The highest BCUT2D eigenvalue weighted by Crippen LogP contribution is 2.22. The summed E-state index contributed by atoms with van der Waals surface area (Å²) >= 11 is 0. The lowest BCUT2D eigenvalue weighted by Crippen LogP contribution is -2.39. The van der Waals surface area contributed by atoms with E-state index in [0.29, 0.717) is 18.7 Å². The Labute approximate surface area is 166 Å². The van der Waals surface area contributed by atoms with E-state index in [9.17, 15) is 12.8 Å². The SMILES string of the molecule is Cc1cc(S(=O)(=O)NCCCCN2CCOC(c3ccccc3)C2)ccc1F. The van der Waals surface area contributed by atoms with Crippen molar-refractivity contribution in [3.8, 4) is 0 Å². The van der Waals surface area contributed by atoms with Gasteiger partial charge in [0.25, 0.3) is 0 Å². The summed E-state index contributed by atoms with van der Waals surface area (Å²) in [5.74, 6) is -0.404. The van der Waals surface area contributed by atoms with Crippen LogP contribution in [-0.2, 0) is 14.8 Å². The fraction of sp³-hybridized carbons (Fsp3) is 0.429. The number of hydrogen-bond donors (Lipinski definition) is 1. The molecule has 0 amide bonds. The number of rotatable bonds is 8. The molecule has 1 aliphatic rings. The molecule has 0 radical (unpaired) electrons. The Morgan fingerprint density at radius 1 is 1.18 bits per heavy atom. The maximum absolute atomic E-state index is 13.3. The van der Waals surface area contributed by atoms with E-state index in [0.717, 1.165) is 32.5 Å². The first kappa shape index (κ1) is 20.9. The summed E-state index contributed by atoms with van der Waals surface area (Å²) in [5, 5.41) is 0. The standard InChI is InChI=1S/C21H27FN2O3S/c1-17-15-19(9-10-20(17)22)28(25,26)23-11-5-6-12-24-13-14-27-21(16-24)18-7-3-2-4-8-18/h2-4,7-10,15,21,23H,5-6,11-14,16H2,1H3. The minimum atomic E-state index is -3.60. The Kier molecular flexibility index (Phi) is 7.18. The molecule has 28 heavy (non-hydrogen) atoms. The molecular weight excluding hydrogens is 379 g/mol. The van der Waals surface area contributed by atoms with Gasteiger partial charge in [-0.25, -0.2) is 17.5 Å². The maximum Gasteiger partial charge on any atom is 0.240 e. The molecule has 1 fully saturated rings. The number of aryl methyl sites for hydroxylation is 1. The molecule has 1 saturated heterocycles. The van der Waals surface area contributed by atoms with Crippen molar-refractivity contribution in [3.05, 3.63) is 65.5 Å². The molecule has 1 N–H and O–H groups in total. The lowest BCUT2D eigenvalue weighted by molar-refractivity contribution is -0.0303. The van der Waals surface area contributed by atoms with Gasteiger partial charge in [0.15, 0.2) is 0 Å². The average molecular weight is 407 g/mol. The van der Waals surface area contributed by atoms with Gasteiger partial charge in [-0.3, -0.25) is 4.90 Å². The number of sulfonamides is 1. The second-order valence-electron chi connectivity index (χ2n) is 7.09. The molecule has 2 aromatic rings. The van der Waals surface area contributed by atoms with Crippen molar-refractivity contribution in [1.82, 2.24) is 9.62 Å². The highest BCUT2D eigenvalue weighted by atomic mass is 32.2. The molecule has 152 valence electrons. The summed E-state index contributed by atoms with van der Waals surface area (Å²) in [6.45, 7) is 5.28. The van der Waals surface area contributed by atoms with Gasteiger partial charge in [-0.05, 0) is 55.6 Å². The van der Waals surface area contributed by atoms with Crippen LogP contribution >= 0.6 is 0 Å². The molecule has 0 aromatic heterocycles. The van der Waals surface area contributed by atoms with Crippen molar-refractivity contribution in [3.63, 3.8) is 0 Å². The summed E-state index contributed by atoms with van der Waals surface area (Å²) < 4.78 is 46.4. The monoisotopic (exact) mass is 406 g/mol. The van der Waals surface area contributed by atoms with Crippen LogP contribution in [0.25, 0.3) is 0 Å². The molecule has 1 aliphatic heterocycles. The zero-order valence-electron chi connectivity index (χ0n) is 16.1. The fourth-order valence-corrected chi connectivity index (χ4v) is 4.47. The molecule has 7 heteroatoms. The van der Waals surface area contributed by atoms with Gasteiger partial charge in [0, 0.05) is 19.6 Å². The molecule has 0 saturated carbocycles. The summed E-state index contributed by atoms with van der Waals surface area (Å²) in [4.78, 5) is 2.46. The average Bonchev–Trinajstić information content (AvgIpc) is 2.70. The van der Waals surface area contributed by atoms with E-state index < -0.39 is 15.8 Å². The molecule has 0 bridgehead atoms. The van der Waals surface area contributed by atoms with E-state index in [1.54, 1.807) is 6.92 Å². The Morgan fingerprint density at radius 2 is 1.96 bits per heavy atom.